The first kappa shape index (κ1) is 18.0. The summed E-state index contributed by atoms with van der Waals surface area (Å²) >= 11 is 1.54. The Morgan fingerprint density at radius 2 is 2.00 bits per heavy atom. The summed E-state index contributed by atoms with van der Waals surface area (Å²) in [4.78, 5) is 21.5. The molecule has 1 fully saturated rings. The zero-order valence-electron chi connectivity index (χ0n) is 15.8. The maximum absolute atomic E-state index is 12.9. The Morgan fingerprint density at radius 1 is 1.22 bits per heavy atom. The van der Waals surface area contributed by atoms with Crippen LogP contribution in [0.1, 0.15) is 19.7 Å². The molecule has 1 aliphatic rings. The topological polar surface area (TPSA) is 54.3 Å². The van der Waals surface area contributed by atoms with E-state index in [0.717, 1.165) is 44.2 Å². The lowest BCUT2D eigenvalue weighted by atomic mass is 10.1. The minimum absolute atomic E-state index is 0.0452. The molecule has 0 aliphatic carbocycles. The third kappa shape index (κ3) is 3.56. The summed E-state index contributed by atoms with van der Waals surface area (Å²) in [6.45, 7) is 7.96. The molecule has 0 spiro atoms. The molecule has 1 saturated heterocycles. The Balaban J connectivity index is 1.38. The van der Waals surface area contributed by atoms with Crippen molar-refractivity contribution in [3.8, 4) is 0 Å². The van der Waals surface area contributed by atoms with Gasteiger partial charge in [0.2, 0.25) is 5.91 Å². The minimum Gasteiger partial charge on any atom is -0.352 e. The van der Waals surface area contributed by atoms with Gasteiger partial charge in [0.1, 0.15) is 11.6 Å². The number of anilines is 1. The van der Waals surface area contributed by atoms with Gasteiger partial charge in [0.15, 0.2) is 0 Å². The maximum Gasteiger partial charge on any atom is 0.227 e. The number of benzene rings is 1. The predicted molar refractivity (Wildman–Crippen MR) is 109 cm³/mol. The van der Waals surface area contributed by atoms with Gasteiger partial charge in [0.05, 0.1) is 10.6 Å². The summed E-state index contributed by atoms with van der Waals surface area (Å²) in [5.74, 6) is 2.28. The van der Waals surface area contributed by atoms with E-state index in [1.54, 1.807) is 11.5 Å². The number of carbonyl (C=O) groups excluding carboxylic acids is 1. The Hall–Kier alpha value is -2.41. The van der Waals surface area contributed by atoms with E-state index in [1.165, 1.54) is 10.1 Å². The van der Waals surface area contributed by atoms with Gasteiger partial charge >= 0.3 is 0 Å². The third-order valence-electron chi connectivity index (χ3n) is 5.26. The average molecular weight is 384 g/mol. The van der Waals surface area contributed by atoms with Crippen molar-refractivity contribution >= 4 is 33.3 Å². The van der Waals surface area contributed by atoms with Gasteiger partial charge in [-0.25, -0.2) is 4.98 Å². The molecule has 27 heavy (non-hydrogen) atoms. The Labute approximate surface area is 163 Å². The highest BCUT2D eigenvalue weighted by Crippen LogP contribution is 2.30. The summed E-state index contributed by atoms with van der Waals surface area (Å²) in [5, 5.41) is 1.21. The maximum atomic E-state index is 12.9. The van der Waals surface area contributed by atoms with E-state index < -0.39 is 0 Å². The SMILES string of the molecule is CCc1nccn1C[C@H](C)C(=O)N1CCN(c2nsc3ccccc23)CC1. The largest absolute Gasteiger partial charge is 0.352 e. The zero-order chi connectivity index (χ0) is 18.8. The van der Waals surface area contributed by atoms with Crippen molar-refractivity contribution in [2.24, 2.45) is 5.92 Å². The van der Waals surface area contributed by atoms with Gasteiger partial charge < -0.3 is 14.4 Å². The van der Waals surface area contributed by atoms with E-state index >= 15 is 0 Å². The number of piperazine rings is 1. The van der Waals surface area contributed by atoms with Crippen molar-refractivity contribution in [2.75, 3.05) is 31.1 Å². The lowest BCUT2D eigenvalue weighted by Gasteiger charge is -2.36. The number of carbonyl (C=O) groups is 1. The molecule has 7 heteroatoms. The first-order valence-electron chi connectivity index (χ1n) is 9.55. The van der Waals surface area contributed by atoms with Crippen LogP contribution in [0.2, 0.25) is 0 Å². The Morgan fingerprint density at radius 3 is 2.78 bits per heavy atom. The van der Waals surface area contributed by atoms with E-state index in [-0.39, 0.29) is 11.8 Å². The van der Waals surface area contributed by atoms with Crippen LogP contribution in [0.25, 0.3) is 10.1 Å². The van der Waals surface area contributed by atoms with Crippen LogP contribution in [0.5, 0.6) is 0 Å². The Bertz CT molecular complexity index is 925. The molecule has 0 N–H and O–H groups in total. The fraction of sp³-hybridized carbons (Fsp3) is 0.450. The lowest BCUT2D eigenvalue weighted by Crippen LogP contribution is -2.50. The molecule has 2 aromatic heterocycles. The normalized spacial score (nSPS) is 16.1. The number of nitrogens with zero attached hydrogens (tertiary/aromatic N) is 5. The van der Waals surface area contributed by atoms with Crippen molar-refractivity contribution < 1.29 is 4.79 Å². The molecule has 1 amide bonds. The fourth-order valence-electron chi connectivity index (χ4n) is 3.74. The molecular formula is C20H25N5OS. The van der Waals surface area contributed by atoms with Gasteiger partial charge in [-0.1, -0.05) is 26.0 Å². The molecule has 1 atom stereocenters. The molecule has 1 aromatic carbocycles. The van der Waals surface area contributed by atoms with Crippen molar-refractivity contribution in [2.45, 2.75) is 26.8 Å². The first-order chi connectivity index (χ1) is 13.2. The van der Waals surface area contributed by atoms with Crippen LogP contribution in [0, 0.1) is 5.92 Å². The van der Waals surface area contributed by atoms with Gasteiger partial charge in [-0.3, -0.25) is 4.79 Å². The molecule has 0 bridgehead atoms. The predicted octanol–water partition coefficient (Wildman–Crippen LogP) is 3.04. The van der Waals surface area contributed by atoms with Crippen LogP contribution in [0.3, 0.4) is 0 Å². The highest BCUT2D eigenvalue weighted by molar-refractivity contribution is 7.13. The van der Waals surface area contributed by atoms with Crippen molar-refractivity contribution in [3.05, 3.63) is 42.5 Å². The van der Waals surface area contributed by atoms with Crippen LogP contribution in [0.4, 0.5) is 5.82 Å². The van der Waals surface area contributed by atoms with Gasteiger partial charge in [-0.2, -0.15) is 4.37 Å². The zero-order valence-corrected chi connectivity index (χ0v) is 16.7. The van der Waals surface area contributed by atoms with E-state index in [2.05, 4.69) is 43.9 Å². The van der Waals surface area contributed by atoms with Gasteiger partial charge in [-0.05, 0) is 23.7 Å². The second-order valence-electron chi connectivity index (χ2n) is 7.07. The second-order valence-corrected chi connectivity index (χ2v) is 7.87. The molecule has 3 heterocycles. The summed E-state index contributed by atoms with van der Waals surface area (Å²) in [6.07, 6.45) is 4.66. The fourth-order valence-corrected chi connectivity index (χ4v) is 4.54. The lowest BCUT2D eigenvalue weighted by molar-refractivity contribution is -0.135. The molecule has 1 aliphatic heterocycles. The number of aryl methyl sites for hydroxylation is 1. The highest BCUT2D eigenvalue weighted by Gasteiger charge is 2.27. The summed E-state index contributed by atoms with van der Waals surface area (Å²) in [5.41, 5.74) is 0. The molecule has 0 unspecified atom stereocenters. The monoisotopic (exact) mass is 383 g/mol. The number of hydrogen-bond donors (Lipinski definition) is 0. The highest BCUT2D eigenvalue weighted by atomic mass is 32.1. The molecule has 142 valence electrons. The number of imidazole rings is 1. The van der Waals surface area contributed by atoms with Gasteiger partial charge in [-0.15, -0.1) is 0 Å². The molecule has 4 rings (SSSR count). The van der Waals surface area contributed by atoms with E-state index in [9.17, 15) is 4.79 Å². The van der Waals surface area contributed by atoms with Crippen LogP contribution in [0.15, 0.2) is 36.7 Å². The standard InChI is InChI=1S/C20H25N5OS/c1-3-18-21-8-9-25(18)14-15(2)20(26)24-12-10-23(11-13-24)19-16-6-4-5-7-17(16)27-22-19/h4-9,15H,3,10-14H2,1-2H3/t15-/m0/s1. The third-order valence-corrected chi connectivity index (χ3v) is 6.08. The molecule has 0 saturated carbocycles. The van der Waals surface area contributed by atoms with Crippen LogP contribution in [-0.4, -0.2) is 50.9 Å². The number of amides is 1. The summed E-state index contributed by atoms with van der Waals surface area (Å²) < 4.78 is 7.96. The number of aromatic nitrogens is 3. The van der Waals surface area contributed by atoms with E-state index in [1.807, 2.05) is 30.3 Å². The number of hydrogen-bond acceptors (Lipinski definition) is 5. The summed E-state index contributed by atoms with van der Waals surface area (Å²) in [6, 6.07) is 8.34. The van der Waals surface area contributed by atoms with Crippen molar-refractivity contribution in [1.82, 2.24) is 18.8 Å². The molecular weight excluding hydrogens is 358 g/mol. The van der Waals surface area contributed by atoms with Crippen molar-refractivity contribution in [1.29, 1.82) is 0 Å². The van der Waals surface area contributed by atoms with E-state index in [4.69, 9.17) is 0 Å². The first-order valence-corrected chi connectivity index (χ1v) is 10.3. The number of fused-ring (bicyclic) bond motifs is 1. The number of rotatable bonds is 5. The molecule has 3 aromatic rings. The van der Waals surface area contributed by atoms with Crippen molar-refractivity contribution in [3.63, 3.8) is 0 Å². The van der Waals surface area contributed by atoms with Crippen LogP contribution < -0.4 is 4.90 Å². The Kier molecular flexibility index (Phi) is 5.11. The van der Waals surface area contributed by atoms with E-state index in [0.29, 0.717) is 6.54 Å². The molecule has 0 radical (unpaired) electrons. The minimum atomic E-state index is -0.0452. The van der Waals surface area contributed by atoms with Gasteiger partial charge in [0, 0.05) is 56.9 Å². The van der Waals surface area contributed by atoms with Crippen LogP contribution >= 0.6 is 11.5 Å². The summed E-state index contributed by atoms with van der Waals surface area (Å²) in [7, 11) is 0. The quantitative estimate of drug-likeness (QED) is 0.680. The molecule has 6 nitrogen and oxygen atoms in total. The second kappa shape index (κ2) is 7.68. The smallest absolute Gasteiger partial charge is 0.227 e. The van der Waals surface area contributed by atoms with Gasteiger partial charge in [0.25, 0.3) is 0 Å². The van der Waals surface area contributed by atoms with Crippen LogP contribution in [-0.2, 0) is 17.8 Å². The average Bonchev–Trinajstić information content (AvgIpc) is 3.34.